The van der Waals surface area contributed by atoms with Crippen molar-refractivity contribution in [3.8, 4) is 0 Å². The highest BCUT2D eigenvalue weighted by atomic mass is 32.2. The summed E-state index contributed by atoms with van der Waals surface area (Å²) in [6.07, 6.45) is 0. The monoisotopic (exact) mass is 407 g/mol. The maximum atomic E-state index is 12.8. The molecule has 2 amide bonds. The topological polar surface area (TPSA) is 71.1 Å². The number of nitrogens with one attached hydrogen (secondary N) is 2. The molecule has 0 aliphatic rings. The molecule has 1 aromatic carbocycles. The van der Waals surface area contributed by atoms with Gasteiger partial charge < -0.3 is 5.32 Å². The fraction of sp³-hybridized carbons (Fsp3) is 0.118. The minimum absolute atomic E-state index is 0.164. The number of hydrogen-bond acceptors (Lipinski definition) is 6. The smallest absolute Gasteiger partial charge is 0.267 e. The van der Waals surface area contributed by atoms with Crippen LogP contribution in [0.3, 0.4) is 0 Å². The number of thiazole rings is 1. The lowest BCUT2D eigenvalue weighted by molar-refractivity contribution is -0.113. The highest BCUT2D eigenvalue weighted by Crippen LogP contribution is 2.21. The predicted octanol–water partition coefficient (Wildman–Crippen LogP) is 4.47. The highest BCUT2D eigenvalue weighted by Gasteiger charge is 2.10. The van der Waals surface area contributed by atoms with Crippen LogP contribution in [0.5, 0.6) is 0 Å². The van der Waals surface area contributed by atoms with Gasteiger partial charge in [-0.25, -0.2) is 9.37 Å². The van der Waals surface area contributed by atoms with Crippen LogP contribution >= 0.6 is 34.4 Å². The van der Waals surface area contributed by atoms with Crippen molar-refractivity contribution >= 4 is 57.1 Å². The first kappa shape index (κ1) is 18.6. The van der Waals surface area contributed by atoms with Gasteiger partial charge in [-0.15, -0.1) is 34.4 Å². The number of hydrogen-bond donors (Lipinski definition) is 2. The van der Waals surface area contributed by atoms with Crippen LogP contribution in [0.25, 0.3) is 0 Å². The van der Waals surface area contributed by atoms with E-state index in [4.69, 9.17) is 0 Å². The van der Waals surface area contributed by atoms with E-state index in [9.17, 15) is 14.0 Å². The van der Waals surface area contributed by atoms with Crippen LogP contribution in [0.1, 0.15) is 15.4 Å². The van der Waals surface area contributed by atoms with E-state index in [1.165, 1.54) is 58.7 Å². The maximum Gasteiger partial charge on any atom is 0.267 e. The van der Waals surface area contributed by atoms with Gasteiger partial charge in [-0.05, 0) is 35.7 Å². The second-order valence-electron chi connectivity index (χ2n) is 5.12. The van der Waals surface area contributed by atoms with Gasteiger partial charge in [0.2, 0.25) is 5.91 Å². The summed E-state index contributed by atoms with van der Waals surface area (Å²) >= 11 is 4.14. The molecule has 0 unspecified atom stereocenters. The minimum atomic E-state index is -0.345. The molecule has 0 saturated heterocycles. The minimum Gasteiger partial charge on any atom is -0.325 e. The van der Waals surface area contributed by atoms with Crippen molar-refractivity contribution in [1.29, 1.82) is 0 Å². The summed E-state index contributed by atoms with van der Waals surface area (Å²) in [5.41, 5.74) is 1.36. The molecule has 0 aliphatic carbocycles. The molecular weight excluding hydrogens is 393 g/mol. The van der Waals surface area contributed by atoms with Gasteiger partial charge in [0.1, 0.15) is 5.82 Å². The zero-order chi connectivity index (χ0) is 18.4. The van der Waals surface area contributed by atoms with E-state index in [1.54, 1.807) is 6.07 Å². The normalized spacial score (nSPS) is 10.5. The fourth-order valence-electron chi connectivity index (χ4n) is 1.98. The Balaban J connectivity index is 1.42. The third kappa shape index (κ3) is 5.38. The van der Waals surface area contributed by atoms with E-state index in [0.29, 0.717) is 21.4 Å². The maximum absolute atomic E-state index is 12.8. The Morgan fingerprint density at radius 2 is 1.92 bits per heavy atom. The first-order chi connectivity index (χ1) is 12.6. The number of aromatic nitrogens is 1. The Bertz CT molecular complexity index is 879. The number of nitrogens with zero attached hydrogens (tertiary/aromatic N) is 1. The molecule has 3 rings (SSSR count). The second-order valence-corrected chi connectivity index (χ2v) is 7.91. The second kappa shape index (κ2) is 8.93. The fourth-order valence-corrected chi connectivity index (χ4v) is 4.12. The van der Waals surface area contributed by atoms with Crippen molar-refractivity contribution in [1.82, 2.24) is 4.98 Å². The largest absolute Gasteiger partial charge is 0.325 e. The molecule has 0 radical (unpaired) electrons. The van der Waals surface area contributed by atoms with Crippen LogP contribution in [0, 0.1) is 5.82 Å². The Kier molecular flexibility index (Phi) is 6.37. The van der Waals surface area contributed by atoms with Crippen molar-refractivity contribution in [2.75, 3.05) is 16.4 Å². The van der Waals surface area contributed by atoms with Crippen molar-refractivity contribution in [3.05, 3.63) is 63.5 Å². The molecule has 3 aromatic rings. The molecule has 0 atom stereocenters. The van der Waals surface area contributed by atoms with Gasteiger partial charge in [0.25, 0.3) is 5.91 Å². The summed E-state index contributed by atoms with van der Waals surface area (Å²) in [5.74, 6) is 0.131. The highest BCUT2D eigenvalue weighted by molar-refractivity contribution is 7.99. The summed E-state index contributed by atoms with van der Waals surface area (Å²) in [4.78, 5) is 28.8. The lowest BCUT2D eigenvalue weighted by Crippen LogP contribution is -2.14. The number of carbonyl (C=O) groups is 2. The average Bonchev–Trinajstić information content (AvgIpc) is 3.29. The number of amides is 2. The standard InChI is InChI=1S/C17H14FN3O2S3/c18-11-3-5-12(6-4-11)19-15(22)10-24-8-13-9-26-17(20-13)21-16(23)14-2-1-7-25-14/h1-7,9H,8,10H2,(H,19,22)(H,20,21,23). The lowest BCUT2D eigenvalue weighted by atomic mass is 10.3. The van der Waals surface area contributed by atoms with Crippen LogP contribution in [-0.4, -0.2) is 22.6 Å². The third-order valence-electron chi connectivity index (χ3n) is 3.13. The summed E-state index contributed by atoms with van der Waals surface area (Å²) in [5, 5.41) is 9.70. The number of carbonyl (C=O) groups excluding carboxylic acids is 2. The average molecular weight is 408 g/mol. The number of benzene rings is 1. The van der Waals surface area contributed by atoms with Crippen LogP contribution < -0.4 is 10.6 Å². The van der Waals surface area contributed by atoms with E-state index in [0.717, 1.165) is 5.69 Å². The summed E-state index contributed by atoms with van der Waals surface area (Å²) in [6.45, 7) is 0. The number of rotatable bonds is 7. The predicted molar refractivity (Wildman–Crippen MR) is 106 cm³/mol. The summed E-state index contributed by atoms with van der Waals surface area (Å²) in [6, 6.07) is 9.19. The Morgan fingerprint density at radius 3 is 2.65 bits per heavy atom. The first-order valence-electron chi connectivity index (χ1n) is 7.52. The van der Waals surface area contributed by atoms with E-state index in [-0.39, 0.29) is 23.4 Å². The van der Waals surface area contributed by atoms with Crippen LogP contribution in [0.2, 0.25) is 0 Å². The van der Waals surface area contributed by atoms with E-state index in [2.05, 4.69) is 15.6 Å². The van der Waals surface area contributed by atoms with Crippen molar-refractivity contribution in [3.63, 3.8) is 0 Å². The van der Waals surface area contributed by atoms with Gasteiger partial charge in [0, 0.05) is 16.8 Å². The van der Waals surface area contributed by atoms with Gasteiger partial charge in [-0.1, -0.05) is 6.07 Å². The van der Waals surface area contributed by atoms with Gasteiger partial charge >= 0.3 is 0 Å². The van der Waals surface area contributed by atoms with Crippen molar-refractivity contribution in [2.45, 2.75) is 5.75 Å². The van der Waals surface area contributed by atoms with Crippen LogP contribution in [-0.2, 0) is 10.5 Å². The molecule has 0 saturated carbocycles. The van der Waals surface area contributed by atoms with Crippen molar-refractivity contribution < 1.29 is 14.0 Å². The van der Waals surface area contributed by atoms with Crippen molar-refractivity contribution in [2.24, 2.45) is 0 Å². The lowest BCUT2D eigenvalue weighted by Gasteiger charge is -2.04. The molecule has 0 bridgehead atoms. The van der Waals surface area contributed by atoms with Gasteiger partial charge in [-0.2, -0.15) is 0 Å². The molecule has 2 N–H and O–H groups in total. The van der Waals surface area contributed by atoms with E-state index >= 15 is 0 Å². The molecule has 2 heterocycles. The Hall–Kier alpha value is -2.23. The molecule has 0 aliphatic heterocycles. The summed E-state index contributed by atoms with van der Waals surface area (Å²) < 4.78 is 12.8. The van der Waals surface area contributed by atoms with Gasteiger partial charge in [0.15, 0.2) is 5.13 Å². The third-order valence-corrected chi connectivity index (χ3v) is 5.77. The number of halogens is 1. The van der Waals surface area contributed by atoms with E-state index < -0.39 is 0 Å². The SMILES string of the molecule is O=C(CSCc1csc(NC(=O)c2cccs2)n1)Nc1ccc(F)cc1. The zero-order valence-electron chi connectivity index (χ0n) is 13.4. The zero-order valence-corrected chi connectivity index (χ0v) is 15.8. The molecule has 0 spiro atoms. The van der Waals surface area contributed by atoms with Crippen LogP contribution in [0.15, 0.2) is 47.2 Å². The first-order valence-corrected chi connectivity index (χ1v) is 10.4. The number of anilines is 2. The van der Waals surface area contributed by atoms with Gasteiger partial charge in [-0.3, -0.25) is 14.9 Å². The quantitative estimate of drug-likeness (QED) is 0.606. The van der Waals surface area contributed by atoms with E-state index in [1.807, 2.05) is 16.8 Å². The summed E-state index contributed by atoms with van der Waals surface area (Å²) in [7, 11) is 0. The molecular formula is C17H14FN3O2S3. The molecule has 5 nitrogen and oxygen atoms in total. The Morgan fingerprint density at radius 1 is 1.12 bits per heavy atom. The molecule has 26 heavy (non-hydrogen) atoms. The molecule has 2 aromatic heterocycles. The number of thioether (sulfide) groups is 1. The molecule has 9 heteroatoms. The Labute approximate surface area is 161 Å². The number of thiophene rings is 1. The molecule has 134 valence electrons. The molecule has 0 fully saturated rings. The van der Waals surface area contributed by atoms with Gasteiger partial charge in [0.05, 0.1) is 16.3 Å². The van der Waals surface area contributed by atoms with Crippen LogP contribution in [0.4, 0.5) is 15.2 Å².